The summed E-state index contributed by atoms with van der Waals surface area (Å²) >= 11 is 3.41. The van der Waals surface area contributed by atoms with Gasteiger partial charge in [-0.15, -0.1) is 0 Å². The Hall–Kier alpha value is -0.600. The number of ether oxygens (including phenoxy) is 1. The molecule has 1 aromatic rings. The Kier molecular flexibility index (Phi) is 2.81. The van der Waals surface area contributed by atoms with Crippen molar-refractivity contribution in [3.63, 3.8) is 0 Å². The molecule has 1 unspecified atom stereocenters. The molecule has 1 atom stereocenters. The van der Waals surface area contributed by atoms with Gasteiger partial charge < -0.3 is 4.74 Å². The van der Waals surface area contributed by atoms with E-state index >= 15 is 0 Å². The summed E-state index contributed by atoms with van der Waals surface area (Å²) in [6, 6.07) is 8.26. The van der Waals surface area contributed by atoms with E-state index in [1.54, 1.807) is 0 Å². The molecule has 0 amide bonds. The first-order valence-corrected chi connectivity index (χ1v) is 5.19. The van der Waals surface area contributed by atoms with Crippen molar-refractivity contribution in [2.24, 2.45) is 0 Å². The van der Waals surface area contributed by atoms with Crippen molar-refractivity contribution in [3.8, 4) is 0 Å². The van der Waals surface area contributed by atoms with Gasteiger partial charge in [0.2, 0.25) is 0 Å². The summed E-state index contributed by atoms with van der Waals surface area (Å²) in [6.07, 6.45) is 5.48. The van der Waals surface area contributed by atoms with Gasteiger partial charge in [-0.3, -0.25) is 0 Å². The largest absolute Gasteiger partial charge is 0.369 e. The van der Waals surface area contributed by atoms with E-state index in [-0.39, 0.29) is 6.10 Å². The zero-order valence-corrected chi connectivity index (χ0v) is 8.83. The van der Waals surface area contributed by atoms with Gasteiger partial charge >= 0.3 is 0 Å². The predicted molar refractivity (Wildman–Crippen MR) is 56.6 cm³/mol. The lowest BCUT2D eigenvalue weighted by Crippen LogP contribution is -2.06. The maximum absolute atomic E-state index is 5.60. The zero-order valence-electron chi connectivity index (χ0n) is 7.24. The molecular formula is C11H11BrO. The van der Waals surface area contributed by atoms with Crippen LogP contribution in [-0.4, -0.2) is 6.61 Å². The molecule has 0 saturated carbocycles. The van der Waals surface area contributed by atoms with Gasteiger partial charge in [0, 0.05) is 4.47 Å². The van der Waals surface area contributed by atoms with Crippen LogP contribution in [0.2, 0.25) is 0 Å². The number of rotatable bonds is 1. The van der Waals surface area contributed by atoms with Crippen LogP contribution in [0, 0.1) is 0 Å². The van der Waals surface area contributed by atoms with Crippen molar-refractivity contribution in [1.82, 2.24) is 0 Å². The molecule has 0 bridgehead atoms. The summed E-state index contributed by atoms with van der Waals surface area (Å²) in [5.41, 5.74) is 1.22. The van der Waals surface area contributed by atoms with Gasteiger partial charge in [0.15, 0.2) is 0 Å². The molecule has 1 aromatic carbocycles. The number of halogens is 1. The normalized spacial score (nSPS) is 21.8. The molecule has 0 radical (unpaired) electrons. The van der Waals surface area contributed by atoms with Crippen molar-refractivity contribution in [2.45, 2.75) is 12.5 Å². The topological polar surface area (TPSA) is 9.23 Å². The first-order chi connectivity index (χ1) is 6.36. The van der Waals surface area contributed by atoms with Crippen molar-refractivity contribution >= 4 is 15.9 Å². The molecule has 2 rings (SSSR count). The van der Waals surface area contributed by atoms with Crippen molar-refractivity contribution in [1.29, 1.82) is 0 Å². The molecule has 0 aromatic heterocycles. The number of hydrogen-bond acceptors (Lipinski definition) is 1. The fraction of sp³-hybridized carbons (Fsp3) is 0.273. The molecule has 0 spiro atoms. The molecule has 0 fully saturated rings. The molecule has 2 heteroatoms. The molecule has 1 nitrogen and oxygen atoms in total. The predicted octanol–water partition coefficient (Wildman–Crippen LogP) is 3.47. The van der Waals surface area contributed by atoms with Crippen molar-refractivity contribution in [2.75, 3.05) is 6.61 Å². The highest BCUT2D eigenvalue weighted by Crippen LogP contribution is 2.23. The van der Waals surface area contributed by atoms with Crippen LogP contribution in [-0.2, 0) is 4.74 Å². The number of hydrogen-bond donors (Lipinski definition) is 0. The molecular weight excluding hydrogens is 228 g/mol. The third-order valence-electron chi connectivity index (χ3n) is 2.09. The third kappa shape index (κ3) is 2.20. The summed E-state index contributed by atoms with van der Waals surface area (Å²) < 4.78 is 6.71. The van der Waals surface area contributed by atoms with Crippen molar-refractivity contribution < 1.29 is 4.74 Å². The van der Waals surface area contributed by atoms with E-state index in [1.807, 2.05) is 12.1 Å². The Morgan fingerprint density at radius 3 is 2.62 bits per heavy atom. The molecule has 1 heterocycles. The van der Waals surface area contributed by atoms with Gasteiger partial charge in [-0.25, -0.2) is 0 Å². The Balaban J connectivity index is 2.19. The monoisotopic (exact) mass is 238 g/mol. The highest BCUT2D eigenvalue weighted by molar-refractivity contribution is 9.10. The van der Waals surface area contributed by atoms with E-state index in [0.717, 1.165) is 17.5 Å². The highest BCUT2D eigenvalue weighted by atomic mass is 79.9. The molecule has 1 aliphatic rings. The van der Waals surface area contributed by atoms with E-state index in [0.29, 0.717) is 0 Å². The van der Waals surface area contributed by atoms with Gasteiger partial charge in [-0.05, 0) is 24.1 Å². The van der Waals surface area contributed by atoms with Crippen LogP contribution >= 0.6 is 15.9 Å². The summed E-state index contributed by atoms with van der Waals surface area (Å²) in [7, 11) is 0. The van der Waals surface area contributed by atoms with Gasteiger partial charge in [0.25, 0.3) is 0 Å². The standard InChI is InChI=1S/C11H11BrO/c12-10-6-4-9(5-7-10)11-3-1-2-8-13-11/h1,3-7,11H,2,8H2. The second-order valence-electron chi connectivity index (χ2n) is 3.06. The van der Waals surface area contributed by atoms with E-state index in [9.17, 15) is 0 Å². The second-order valence-corrected chi connectivity index (χ2v) is 3.98. The van der Waals surface area contributed by atoms with E-state index in [1.165, 1.54) is 5.56 Å². The second kappa shape index (κ2) is 4.07. The maximum atomic E-state index is 5.60. The molecule has 13 heavy (non-hydrogen) atoms. The third-order valence-corrected chi connectivity index (χ3v) is 2.62. The van der Waals surface area contributed by atoms with Crippen molar-refractivity contribution in [3.05, 3.63) is 46.5 Å². The molecule has 1 aliphatic heterocycles. The lowest BCUT2D eigenvalue weighted by molar-refractivity contribution is 0.0800. The molecule has 68 valence electrons. The Morgan fingerprint density at radius 1 is 1.23 bits per heavy atom. The smallest absolute Gasteiger partial charge is 0.101 e. The fourth-order valence-electron chi connectivity index (χ4n) is 1.40. The fourth-order valence-corrected chi connectivity index (χ4v) is 1.66. The maximum Gasteiger partial charge on any atom is 0.101 e. The Bertz CT molecular complexity index is 302. The summed E-state index contributed by atoms with van der Waals surface area (Å²) in [6.45, 7) is 0.831. The summed E-state index contributed by atoms with van der Waals surface area (Å²) in [5.74, 6) is 0. The van der Waals surface area contributed by atoms with Crippen LogP contribution < -0.4 is 0 Å². The Morgan fingerprint density at radius 2 is 2.00 bits per heavy atom. The summed E-state index contributed by atoms with van der Waals surface area (Å²) in [5, 5.41) is 0. The van der Waals surface area contributed by atoms with E-state index in [2.05, 4.69) is 40.2 Å². The van der Waals surface area contributed by atoms with Gasteiger partial charge in [-0.1, -0.05) is 40.2 Å². The average molecular weight is 239 g/mol. The van der Waals surface area contributed by atoms with Gasteiger partial charge in [0.1, 0.15) is 6.10 Å². The first-order valence-electron chi connectivity index (χ1n) is 4.40. The van der Waals surface area contributed by atoms with Crippen LogP contribution in [0.5, 0.6) is 0 Å². The lowest BCUT2D eigenvalue weighted by atomic mass is 10.1. The van der Waals surface area contributed by atoms with Crippen LogP contribution in [0.25, 0.3) is 0 Å². The molecule has 0 saturated heterocycles. The van der Waals surface area contributed by atoms with E-state index < -0.39 is 0 Å². The van der Waals surface area contributed by atoms with Gasteiger partial charge in [0.05, 0.1) is 6.61 Å². The lowest BCUT2D eigenvalue weighted by Gasteiger charge is -2.17. The summed E-state index contributed by atoms with van der Waals surface area (Å²) in [4.78, 5) is 0. The van der Waals surface area contributed by atoms with Crippen LogP contribution in [0.1, 0.15) is 18.1 Å². The first kappa shape index (κ1) is 8.97. The Labute approximate surface area is 86.5 Å². The highest BCUT2D eigenvalue weighted by Gasteiger charge is 2.10. The SMILES string of the molecule is Brc1ccc(C2C=CCCO2)cc1. The van der Waals surface area contributed by atoms with Gasteiger partial charge in [-0.2, -0.15) is 0 Å². The average Bonchev–Trinajstić information content (AvgIpc) is 2.20. The minimum absolute atomic E-state index is 0.154. The molecule has 0 N–H and O–H groups in total. The minimum Gasteiger partial charge on any atom is -0.369 e. The van der Waals surface area contributed by atoms with Crippen LogP contribution in [0.15, 0.2) is 40.9 Å². The molecule has 0 aliphatic carbocycles. The quantitative estimate of drug-likeness (QED) is 0.682. The number of benzene rings is 1. The zero-order chi connectivity index (χ0) is 9.10. The van der Waals surface area contributed by atoms with Crippen LogP contribution in [0.3, 0.4) is 0 Å². The minimum atomic E-state index is 0.154. The van der Waals surface area contributed by atoms with Crippen LogP contribution in [0.4, 0.5) is 0 Å². The van der Waals surface area contributed by atoms with E-state index in [4.69, 9.17) is 4.74 Å².